The lowest BCUT2D eigenvalue weighted by atomic mass is 10.2. The van der Waals surface area contributed by atoms with E-state index in [1.165, 1.54) is 6.07 Å². The highest BCUT2D eigenvalue weighted by Gasteiger charge is 2.27. The summed E-state index contributed by atoms with van der Waals surface area (Å²) in [5.74, 6) is -1.82. The maximum Gasteiger partial charge on any atom is 0.321 e. The van der Waals surface area contributed by atoms with Gasteiger partial charge in [-0.2, -0.15) is 4.72 Å². The van der Waals surface area contributed by atoms with Gasteiger partial charge in [0, 0.05) is 11.1 Å². The van der Waals surface area contributed by atoms with Crippen molar-refractivity contribution in [1.82, 2.24) is 4.72 Å². The van der Waals surface area contributed by atoms with Gasteiger partial charge in [0.25, 0.3) is 10.0 Å². The molecule has 1 unspecified atom stereocenters. The maximum absolute atomic E-state index is 12.0. The van der Waals surface area contributed by atoms with Crippen LogP contribution in [-0.4, -0.2) is 46.0 Å². The summed E-state index contributed by atoms with van der Waals surface area (Å²) >= 11 is 1.01. The van der Waals surface area contributed by atoms with Crippen molar-refractivity contribution < 1.29 is 26.7 Å². The van der Waals surface area contributed by atoms with Gasteiger partial charge in [0.05, 0.1) is 5.75 Å². The van der Waals surface area contributed by atoms with Crippen molar-refractivity contribution in [1.29, 1.82) is 0 Å². The Bertz CT molecular complexity index is 688. The summed E-state index contributed by atoms with van der Waals surface area (Å²) < 4.78 is 48.0. The second-order valence-electron chi connectivity index (χ2n) is 4.30. The van der Waals surface area contributed by atoms with Crippen molar-refractivity contribution in [3.63, 3.8) is 0 Å². The van der Waals surface area contributed by atoms with Gasteiger partial charge < -0.3 is 5.11 Å². The minimum Gasteiger partial charge on any atom is -0.480 e. The number of carbonyl (C=O) groups is 1. The predicted molar refractivity (Wildman–Crippen MR) is 75.1 cm³/mol. The van der Waals surface area contributed by atoms with E-state index < -0.39 is 37.6 Å². The first kappa shape index (κ1) is 17.1. The zero-order valence-corrected chi connectivity index (χ0v) is 13.3. The Morgan fingerprint density at radius 3 is 2.35 bits per heavy atom. The summed E-state index contributed by atoms with van der Waals surface area (Å²) in [6, 6.07) is 1.50. The fourth-order valence-electron chi connectivity index (χ4n) is 1.37. The van der Waals surface area contributed by atoms with Crippen molar-refractivity contribution in [2.75, 3.05) is 12.0 Å². The van der Waals surface area contributed by atoms with E-state index in [2.05, 4.69) is 0 Å². The number of thiophene rings is 1. The number of carboxylic acid groups (broad SMARTS) is 1. The molecule has 0 amide bonds. The molecular formula is C10H15NO6S3. The van der Waals surface area contributed by atoms with E-state index in [0.717, 1.165) is 22.5 Å². The molecule has 1 aromatic heterocycles. The van der Waals surface area contributed by atoms with Crippen molar-refractivity contribution in [3.05, 3.63) is 17.0 Å². The molecule has 0 radical (unpaired) electrons. The van der Waals surface area contributed by atoms with E-state index in [1.54, 1.807) is 13.0 Å². The summed E-state index contributed by atoms with van der Waals surface area (Å²) in [6.45, 7) is 1.72. The van der Waals surface area contributed by atoms with Crippen LogP contribution in [0.4, 0.5) is 0 Å². The van der Waals surface area contributed by atoms with Crippen molar-refractivity contribution in [3.8, 4) is 0 Å². The number of sulfonamides is 1. The molecule has 0 aliphatic rings. The van der Waals surface area contributed by atoms with Gasteiger partial charge in [0.15, 0.2) is 0 Å². The predicted octanol–water partition coefficient (Wildman–Crippen LogP) is 0.223. The molecule has 1 heterocycles. The molecule has 1 rings (SSSR count). The van der Waals surface area contributed by atoms with Gasteiger partial charge in [0.1, 0.15) is 20.1 Å². The molecule has 10 heteroatoms. The highest BCUT2D eigenvalue weighted by molar-refractivity contribution is 7.91. The van der Waals surface area contributed by atoms with Crippen molar-refractivity contribution >= 4 is 37.2 Å². The minimum absolute atomic E-state index is 0.000561. The lowest BCUT2D eigenvalue weighted by Crippen LogP contribution is -2.41. The van der Waals surface area contributed by atoms with E-state index in [0.29, 0.717) is 0 Å². The largest absolute Gasteiger partial charge is 0.480 e. The zero-order valence-electron chi connectivity index (χ0n) is 10.9. The minimum atomic E-state index is -3.96. The van der Waals surface area contributed by atoms with Crippen LogP contribution in [0, 0.1) is 6.92 Å². The highest BCUT2D eigenvalue weighted by atomic mass is 32.2. The van der Waals surface area contributed by atoms with Gasteiger partial charge in [-0.1, -0.05) is 0 Å². The van der Waals surface area contributed by atoms with E-state index in [9.17, 15) is 21.6 Å². The molecule has 2 N–H and O–H groups in total. The number of nitrogens with one attached hydrogen (secondary N) is 1. The van der Waals surface area contributed by atoms with Gasteiger partial charge in [-0.25, -0.2) is 16.8 Å². The standard InChI is InChI=1S/C10H15NO6S3/c1-7-3-4-9(18-7)20(16,17)11-8(10(12)13)5-6-19(2,14)15/h3-4,8,11H,5-6H2,1-2H3,(H,12,13). The normalized spacial score (nSPS) is 14.1. The van der Waals surface area contributed by atoms with E-state index in [-0.39, 0.29) is 10.6 Å². The van der Waals surface area contributed by atoms with Crippen LogP contribution in [0.25, 0.3) is 0 Å². The number of aryl methyl sites for hydroxylation is 1. The quantitative estimate of drug-likeness (QED) is 0.733. The van der Waals surface area contributed by atoms with E-state index in [1.807, 2.05) is 4.72 Å². The van der Waals surface area contributed by atoms with E-state index >= 15 is 0 Å². The molecule has 0 aromatic carbocycles. The Hall–Kier alpha value is -0.970. The highest BCUT2D eigenvalue weighted by Crippen LogP contribution is 2.20. The molecule has 1 atom stereocenters. The Morgan fingerprint density at radius 2 is 1.95 bits per heavy atom. The molecule has 20 heavy (non-hydrogen) atoms. The van der Waals surface area contributed by atoms with Gasteiger partial charge >= 0.3 is 5.97 Å². The van der Waals surface area contributed by atoms with Crippen LogP contribution in [0.5, 0.6) is 0 Å². The monoisotopic (exact) mass is 341 g/mol. The number of aliphatic carboxylic acids is 1. The summed E-state index contributed by atoms with van der Waals surface area (Å²) in [5.41, 5.74) is 0. The Morgan fingerprint density at radius 1 is 1.35 bits per heavy atom. The molecule has 1 aromatic rings. The second-order valence-corrected chi connectivity index (χ2v) is 9.78. The van der Waals surface area contributed by atoms with Crippen LogP contribution in [0.15, 0.2) is 16.3 Å². The zero-order chi connectivity index (χ0) is 15.6. The third kappa shape index (κ3) is 5.19. The molecule has 0 aliphatic heterocycles. The number of hydrogen-bond donors (Lipinski definition) is 2. The van der Waals surface area contributed by atoms with Crippen LogP contribution in [0.3, 0.4) is 0 Å². The number of carboxylic acids is 1. The number of rotatable bonds is 7. The molecule has 0 saturated heterocycles. The number of sulfone groups is 1. The number of hydrogen-bond acceptors (Lipinski definition) is 6. The first-order chi connectivity index (χ1) is 9.01. The van der Waals surface area contributed by atoms with Crippen LogP contribution >= 0.6 is 11.3 Å². The second kappa shape index (κ2) is 6.20. The fraction of sp³-hybridized carbons (Fsp3) is 0.500. The molecule has 0 saturated carbocycles. The lowest BCUT2D eigenvalue weighted by molar-refractivity contribution is -0.139. The maximum atomic E-state index is 12.0. The average Bonchev–Trinajstić information content (AvgIpc) is 2.70. The molecular weight excluding hydrogens is 326 g/mol. The topological polar surface area (TPSA) is 118 Å². The van der Waals surface area contributed by atoms with Gasteiger partial charge in [-0.15, -0.1) is 11.3 Å². The van der Waals surface area contributed by atoms with Gasteiger partial charge in [-0.3, -0.25) is 4.79 Å². The third-order valence-electron chi connectivity index (χ3n) is 2.35. The van der Waals surface area contributed by atoms with Crippen molar-refractivity contribution in [2.24, 2.45) is 0 Å². The Balaban J connectivity index is 2.88. The first-order valence-electron chi connectivity index (χ1n) is 5.50. The first-order valence-corrected chi connectivity index (χ1v) is 9.86. The molecule has 0 fully saturated rings. The smallest absolute Gasteiger partial charge is 0.321 e. The Kier molecular flexibility index (Phi) is 5.30. The Labute approximate surface area is 121 Å². The molecule has 0 bridgehead atoms. The summed E-state index contributed by atoms with van der Waals surface area (Å²) in [5, 5.41) is 8.97. The molecule has 0 aliphatic carbocycles. The van der Waals surface area contributed by atoms with Crippen LogP contribution in [0.1, 0.15) is 11.3 Å². The molecule has 114 valence electrons. The third-order valence-corrected chi connectivity index (χ3v) is 6.29. The molecule has 7 nitrogen and oxygen atoms in total. The fourth-order valence-corrected chi connectivity index (χ4v) is 4.55. The van der Waals surface area contributed by atoms with Gasteiger partial charge in [-0.05, 0) is 25.5 Å². The van der Waals surface area contributed by atoms with Crippen LogP contribution in [-0.2, 0) is 24.7 Å². The average molecular weight is 341 g/mol. The van der Waals surface area contributed by atoms with Gasteiger partial charge in [0.2, 0.25) is 0 Å². The molecule has 0 spiro atoms. The van der Waals surface area contributed by atoms with Crippen molar-refractivity contribution in [2.45, 2.75) is 23.6 Å². The summed E-state index contributed by atoms with van der Waals surface area (Å²) in [7, 11) is -7.32. The van der Waals surface area contributed by atoms with Crippen LogP contribution in [0.2, 0.25) is 0 Å². The lowest BCUT2D eigenvalue weighted by Gasteiger charge is -2.13. The SMILES string of the molecule is Cc1ccc(S(=O)(=O)NC(CCS(C)(=O)=O)C(=O)O)s1. The van der Waals surface area contributed by atoms with Crippen LogP contribution < -0.4 is 4.72 Å². The van der Waals surface area contributed by atoms with E-state index in [4.69, 9.17) is 5.11 Å². The summed E-state index contributed by atoms with van der Waals surface area (Å²) in [4.78, 5) is 11.8. The summed E-state index contributed by atoms with van der Waals surface area (Å²) in [6.07, 6.45) is 0.640.